The second kappa shape index (κ2) is 7.64. The van der Waals surface area contributed by atoms with Crippen molar-refractivity contribution < 1.29 is 4.39 Å². The molecule has 1 atom stereocenters. The summed E-state index contributed by atoms with van der Waals surface area (Å²) in [7, 11) is 1.97. The Labute approximate surface area is 133 Å². The lowest BCUT2D eigenvalue weighted by Crippen LogP contribution is -2.32. The van der Waals surface area contributed by atoms with Crippen molar-refractivity contribution in [3.8, 4) is 0 Å². The third-order valence-electron chi connectivity index (χ3n) is 3.57. The van der Waals surface area contributed by atoms with E-state index in [4.69, 9.17) is 5.73 Å². The highest BCUT2D eigenvalue weighted by molar-refractivity contribution is 9.10. The van der Waals surface area contributed by atoms with Crippen LogP contribution in [0.3, 0.4) is 0 Å². The molecule has 2 N–H and O–H groups in total. The maximum Gasteiger partial charge on any atom is 0.128 e. The number of benzene rings is 1. The molecule has 1 heterocycles. The normalized spacial score (nSPS) is 12.6. The monoisotopic (exact) mass is 351 g/mol. The van der Waals surface area contributed by atoms with Crippen LogP contribution in [0.5, 0.6) is 0 Å². The van der Waals surface area contributed by atoms with E-state index < -0.39 is 0 Å². The molecule has 112 valence electrons. The van der Waals surface area contributed by atoms with Crippen molar-refractivity contribution in [1.82, 2.24) is 9.88 Å². The van der Waals surface area contributed by atoms with Crippen molar-refractivity contribution in [2.45, 2.75) is 12.5 Å². The Balaban J connectivity index is 2.08. The van der Waals surface area contributed by atoms with E-state index in [1.807, 2.05) is 19.2 Å². The third-order valence-corrected chi connectivity index (χ3v) is 4.07. The zero-order chi connectivity index (χ0) is 15.2. The van der Waals surface area contributed by atoms with Crippen LogP contribution in [0.1, 0.15) is 17.2 Å². The second-order valence-corrected chi connectivity index (χ2v) is 5.92. The van der Waals surface area contributed by atoms with E-state index in [1.54, 1.807) is 24.5 Å². The van der Waals surface area contributed by atoms with Gasteiger partial charge in [0.2, 0.25) is 0 Å². The molecule has 0 aliphatic carbocycles. The lowest BCUT2D eigenvalue weighted by atomic mass is 10.0. The Morgan fingerprint density at radius 3 is 2.67 bits per heavy atom. The lowest BCUT2D eigenvalue weighted by molar-refractivity contribution is 0.248. The van der Waals surface area contributed by atoms with Crippen molar-refractivity contribution in [2.75, 3.05) is 20.1 Å². The molecule has 0 aliphatic rings. The number of rotatable bonds is 6. The van der Waals surface area contributed by atoms with E-state index in [1.165, 1.54) is 11.6 Å². The van der Waals surface area contributed by atoms with Crippen molar-refractivity contribution >= 4 is 15.9 Å². The van der Waals surface area contributed by atoms with Gasteiger partial charge in [-0.2, -0.15) is 0 Å². The molecule has 0 bridgehead atoms. The van der Waals surface area contributed by atoms with Gasteiger partial charge in [-0.1, -0.05) is 15.9 Å². The van der Waals surface area contributed by atoms with Crippen molar-refractivity contribution in [2.24, 2.45) is 5.73 Å². The highest BCUT2D eigenvalue weighted by Crippen LogP contribution is 2.25. The molecule has 0 fully saturated rings. The molecule has 2 aromatic rings. The zero-order valence-electron chi connectivity index (χ0n) is 12.0. The molecule has 0 saturated carbocycles. The SMILES string of the molecule is CN(CCc1ccncc1)C(CN)c1cc(Br)ccc1F. The van der Waals surface area contributed by atoms with Gasteiger partial charge < -0.3 is 5.73 Å². The van der Waals surface area contributed by atoms with Crippen LogP contribution in [0, 0.1) is 5.82 Å². The number of nitrogens with two attached hydrogens (primary N) is 1. The molecule has 3 nitrogen and oxygen atoms in total. The van der Waals surface area contributed by atoms with Gasteiger partial charge in [-0.15, -0.1) is 0 Å². The molecule has 0 spiro atoms. The van der Waals surface area contributed by atoms with E-state index in [-0.39, 0.29) is 11.9 Å². The van der Waals surface area contributed by atoms with Gasteiger partial charge in [-0.05, 0) is 49.4 Å². The molecule has 0 radical (unpaired) electrons. The number of likely N-dealkylation sites (N-methyl/N-ethyl adjacent to an activating group) is 1. The smallest absolute Gasteiger partial charge is 0.128 e. The van der Waals surface area contributed by atoms with Crippen LogP contribution in [0.15, 0.2) is 47.2 Å². The fraction of sp³-hybridized carbons (Fsp3) is 0.312. The molecule has 5 heteroatoms. The minimum absolute atomic E-state index is 0.135. The van der Waals surface area contributed by atoms with Gasteiger partial charge in [0.15, 0.2) is 0 Å². The summed E-state index contributed by atoms with van der Waals surface area (Å²) >= 11 is 3.39. The molecule has 1 aromatic heterocycles. The summed E-state index contributed by atoms with van der Waals surface area (Å²) in [5, 5.41) is 0. The number of halogens is 2. The first-order chi connectivity index (χ1) is 10.1. The molecular formula is C16H19BrFN3. The Hall–Kier alpha value is -1.30. The van der Waals surface area contributed by atoms with E-state index in [0.717, 1.165) is 17.4 Å². The standard InChI is InChI=1S/C16H19BrFN3/c1-21(9-6-12-4-7-20-8-5-12)16(11-19)14-10-13(17)2-3-15(14)18/h2-5,7-8,10,16H,6,9,11,19H2,1H3. The number of hydrogen-bond donors (Lipinski definition) is 1. The molecule has 0 amide bonds. The molecular weight excluding hydrogens is 333 g/mol. The minimum Gasteiger partial charge on any atom is -0.329 e. The summed E-state index contributed by atoms with van der Waals surface area (Å²) in [6.45, 7) is 1.18. The van der Waals surface area contributed by atoms with Crippen molar-refractivity contribution in [1.29, 1.82) is 0 Å². The van der Waals surface area contributed by atoms with Crippen LogP contribution in [-0.4, -0.2) is 30.0 Å². The van der Waals surface area contributed by atoms with Crippen LogP contribution in [-0.2, 0) is 6.42 Å². The zero-order valence-corrected chi connectivity index (χ0v) is 13.6. The fourth-order valence-electron chi connectivity index (χ4n) is 2.33. The largest absolute Gasteiger partial charge is 0.329 e. The average molecular weight is 352 g/mol. The van der Waals surface area contributed by atoms with Gasteiger partial charge in [-0.25, -0.2) is 4.39 Å². The quantitative estimate of drug-likeness (QED) is 0.869. The first-order valence-electron chi connectivity index (χ1n) is 6.86. The van der Waals surface area contributed by atoms with Crippen LogP contribution in [0.2, 0.25) is 0 Å². The summed E-state index contributed by atoms with van der Waals surface area (Å²) in [5.41, 5.74) is 7.70. The van der Waals surface area contributed by atoms with Crippen LogP contribution in [0.25, 0.3) is 0 Å². The van der Waals surface area contributed by atoms with E-state index in [2.05, 4.69) is 25.8 Å². The Bertz CT molecular complexity index is 577. The number of hydrogen-bond acceptors (Lipinski definition) is 3. The van der Waals surface area contributed by atoms with Crippen molar-refractivity contribution in [3.05, 3.63) is 64.1 Å². The highest BCUT2D eigenvalue weighted by atomic mass is 79.9. The summed E-state index contributed by atoms with van der Waals surface area (Å²) in [4.78, 5) is 6.09. The first-order valence-corrected chi connectivity index (χ1v) is 7.65. The highest BCUT2D eigenvalue weighted by Gasteiger charge is 2.19. The van der Waals surface area contributed by atoms with E-state index in [0.29, 0.717) is 12.1 Å². The topological polar surface area (TPSA) is 42.2 Å². The fourth-order valence-corrected chi connectivity index (χ4v) is 2.70. The third kappa shape index (κ3) is 4.33. The lowest BCUT2D eigenvalue weighted by Gasteiger charge is -2.27. The van der Waals surface area contributed by atoms with Gasteiger partial charge in [0.1, 0.15) is 5.82 Å². The maximum atomic E-state index is 14.0. The Morgan fingerprint density at radius 1 is 1.29 bits per heavy atom. The second-order valence-electron chi connectivity index (χ2n) is 5.00. The average Bonchev–Trinajstić information content (AvgIpc) is 2.50. The first kappa shape index (κ1) is 16.1. The summed E-state index contributed by atoms with van der Waals surface area (Å²) in [6.07, 6.45) is 4.44. The molecule has 21 heavy (non-hydrogen) atoms. The van der Waals surface area contributed by atoms with Gasteiger partial charge in [-0.3, -0.25) is 9.88 Å². The maximum absolute atomic E-state index is 14.0. The van der Waals surface area contributed by atoms with Gasteiger partial charge >= 0.3 is 0 Å². The predicted octanol–water partition coefficient (Wildman–Crippen LogP) is 3.16. The number of nitrogens with zero attached hydrogens (tertiary/aromatic N) is 2. The van der Waals surface area contributed by atoms with Gasteiger partial charge in [0, 0.05) is 41.6 Å². The van der Waals surface area contributed by atoms with E-state index >= 15 is 0 Å². The summed E-state index contributed by atoms with van der Waals surface area (Å²) < 4.78 is 14.9. The summed E-state index contributed by atoms with van der Waals surface area (Å²) in [5.74, 6) is -0.218. The van der Waals surface area contributed by atoms with E-state index in [9.17, 15) is 4.39 Å². The number of pyridine rings is 1. The van der Waals surface area contributed by atoms with Crippen LogP contribution < -0.4 is 5.73 Å². The molecule has 0 saturated heterocycles. The summed E-state index contributed by atoms with van der Waals surface area (Å²) in [6, 6.07) is 8.82. The number of aromatic nitrogens is 1. The molecule has 1 unspecified atom stereocenters. The predicted molar refractivity (Wildman–Crippen MR) is 86.5 cm³/mol. The van der Waals surface area contributed by atoms with Gasteiger partial charge in [0.25, 0.3) is 0 Å². The van der Waals surface area contributed by atoms with Crippen molar-refractivity contribution in [3.63, 3.8) is 0 Å². The van der Waals surface area contributed by atoms with Crippen LogP contribution >= 0.6 is 15.9 Å². The molecule has 2 rings (SSSR count). The van der Waals surface area contributed by atoms with Gasteiger partial charge in [0.05, 0.1) is 0 Å². The Kier molecular flexibility index (Phi) is 5.85. The minimum atomic E-state index is -0.218. The van der Waals surface area contributed by atoms with Crippen LogP contribution in [0.4, 0.5) is 4.39 Å². The molecule has 1 aromatic carbocycles. The molecule has 0 aliphatic heterocycles. The Morgan fingerprint density at radius 2 is 2.00 bits per heavy atom.